The molecule has 130 valence electrons. The monoisotopic (exact) mass is 347 g/mol. The van der Waals surface area contributed by atoms with Gasteiger partial charge in [0.15, 0.2) is 12.4 Å². The van der Waals surface area contributed by atoms with Gasteiger partial charge in [-0.2, -0.15) is 0 Å². The molecule has 0 saturated heterocycles. The molecule has 0 atom stereocenters. The Kier molecular flexibility index (Phi) is 5.82. The molecule has 2 amide bonds. The normalized spacial score (nSPS) is 9.92. The van der Waals surface area contributed by atoms with Crippen LogP contribution in [0.3, 0.4) is 0 Å². The molecule has 1 heterocycles. The summed E-state index contributed by atoms with van der Waals surface area (Å²) in [6, 6.07) is 8.47. The summed E-state index contributed by atoms with van der Waals surface area (Å²) in [6.45, 7) is -1.11. The number of ether oxygens (including phenoxy) is 1. The van der Waals surface area contributed by atoms with E-state index in [2.05, 4.69) is 15.4 Å². The molecule has 0 aliphatic rings. The van der Waals surface area contributed by atoms with E-state index in [0.717, 1.165) is 0 Å². The largest absolute Gasteiger partial charge is 0.459 e. The smallest absolute Gasteiger partial charge is 0.325 e. The Morgan fingerprint density at radius 2 is 1.92 bits per heavy atom. The van der Waals surface area contributed by atoms with E-state index in [1.54, 1.807) is 0 Å². The Balaban J connectivity index is 1.77. The molecule has 0 saturated carbocycles. The van der Waals surface area contributed by atoms with E-state index >= 15 is 0 Å². The van der Waals surface area contributed by atoms with Crippen LogP contribution in [0.4, 0.5) is 11.4 Å². The first kappa shape index (κ1) is 17.7. The van der Waals surface area contributed by atoms with Crippen LogP contribution in [0.1, 0.15) is 10.6 Å². The number of amides is 2. The predicted molar refractivity (Wildman–Crippen MR) is 83.7 cm³/mol. The number of hydrogen-bond donors (Lipinski definition) is 2. The highest BCUT2D eigenvalue weighted by Gasteiger charge is 2.16. The van der Waals surface area contributed by atoms with Crippen molar-refractivity contribution in [3.8, 4) is 0 Å². The zero-order chi connectivity index (χ0) is 18.2. The second-order valence-corrected chi connectivity index (χ2v) is 4.64. The van der Waals surface area contributed by atoms with Crippen molar-refractivity contribution in [1.82, 2.24) is 5.32 Å². The summed E-state index contributed by atoms with van der Waals surface area (Å²) in [5.74, 6) is -2.18. The first-order valence-corrected chi connectivity index (χ1v) is 6.98. The van der Waals surface area contributed by atoms with Crippen LogP contribution in [0, 0.1) is 10.1 Å². The molecule has 0 radical (unpaired) electrons. The summed E-state index contributed by atoms with van der Waals surface area (Å²) in [7, 11) is 0. The summed E-state index contributed by atoms with van der Waals surface area (Å²) in [5.41, 5.74) is -0.299. The lowest BCUT2D eigenvalue weighted by Gasteiger charge is -2.07. The first-order valence-electron chi connectivity index (χ1n) is 6.98. The molecule has 2 N–H and O–H groups in total. The minimum atomic E-state index is -0.849. The summed E-state index contributed by atoms with van der Waals surface area (Å²) in [6.07, 6.45) is 1.31. The van der Waals surface area contributed by atoms with Crippen molar-refractivity contribution < 1.29 is 28.5 Å². The number of nitrogens with zero attached hydrogens (tertiary/aromatic N) is 1. The van der Waals surface area contributed by atoms with Crippen molar-refractivity contribution >= 4 is 29.2 Å². The van der Waals surface area contributed by atoms with Crippen molar-refractivity contribution in [2.45, 2.75) is 0 Å². The number of nitro benzene ring substituents is 1. The Hall–Kier alpha value is -3.69. The lowest BCUT2D eigenvalue weighted by molar-refractivity contribution is -0.383. The number of nitrogens with one attached hydrogen (secondary N) is 2. The van der Waals surface area contributed by atoms with Gasteiger partial charge in [-0.05, 0) is 18.2 Å². The van der Waals surface area contributed by atoms with Gasteiger partial charge in [0.05, 0.1) is 11.2 Å². The van der Waals surface area contributed by atoms with Gasteiger partial charge in [0.1, 0.15) is 12.2 Å². The molecule has 1 aromatic heterocycles. The molecule has 1 aromatic carbocycles. The average molecular weight is 347 g/mol. The third-order valence-electron chi connectivity index (χ3n) is 2.88. The van der Waals surface area contributed by atoms with Crippen molar-refractivity contribution in [3.63, 3.8) is 0 Å². The van der Waals surface area contributed by atoms with Crippen LogP contribution >= 0.6 is 0 Å². The van der Waals surface area contributed by atoms with Crippen LogP contribution in [0.2, 0.25) is 0 Å². The highest BCUT2D eigenvalue weighted by molar-refractivity contribution is 5.96. The van der Waals surface area contributed by atoms with Crippen LogP contribution in [0.5, 0.6) is 0 Å². The number of anilines is 1. The van der Waals surface area contributed by atoms with Gasteiger partial charge in [-0.3, -0.25) is 24.5 Å². The molecule has 0 spiro atoms. The second-order valence-electron chi connectivity index (χ2n) is 4.64. The number of rotatable bonds is 7. The van der Waals surface area contributed by atoms with Crippen LogP contribution in [0.15, 0.2) is 47.1 Å². The number of para-hydroxylation sites is 2. The van der Waals surface area contributed by atoms with E-state index in [0.29, 0.717) is 0 Å². The Bertz CT molecular complexity index is 786. The lowest BCUT2D eigenvalue weighted by atomic mass is 10.2. The number of carbonyl (C=O) groups is 3. The van der Waals surface area contributed by atoms with Gasteiger partial charge >= 0.3 is 5.97 Å². The number of nitro groups is 1. The van der Waals surface area contributed by atoms with Crippen molar-refractivity contribution in [2.75, 3.05) is 18.5 Å². The maximum Gasteiger partial charge on any atom is 0.325 e. The van der Waals surface area contributed by atoms with Crippen LogP contribution in [-0.4, -0.2) is 35.9 Å². The molecular weight excluding hydrogens is 334 g/mol. The van der Waals surface area contributed by atoms with E-state index in [4.69, 9.17) is 4.42 Å². The average Bonchev–Trinajstić information content (AvgIpc) is 3.13. The van der Waals surface area contributed by atoms with Crippen molar-refractivity contribution in [1.29, 1.82) is 0 Å². The summed E-state index contributed by atoms with van der Waals surface area (Å²) < 4.78 is 9.52. The Labute approximate surface area is 140 Å². The highest BCUT2D eigenvalue weighted by atomic mass is 16.6. The fourth-order valence-electron chi connectivity index (χ4n) is 1.77. The fourth-order valence-corrected chi connectivity index (χ4v) is 1.77. The minimum Gasteiger partial charge on any atom is -0.459 e. The topological polar surface area (TPSA) is 141 Å². The number of esters is 1. The molecule has 10 nitrogen and oxygen atoms in total. The van der Waals surface area contributed by atoms with E-state index < -0.39 is 35.9 Å². The zero-order valence-corrected chi connectivity index (χ0v) is 12.8. The molecule has 0 unspecified atom stereocenters. The van der Waals surface area contributed by atoms with Crippen LogP contribution < -0.4 is 10.6 Å². The quantitative estimate of drug-likeness (QED) is 0.434. The summed E-state index contributed by atoms with van der Waals surface area (Å²) in [4.78, 5) is 44.9. The van der Waals surface area contributed by atoms with E-state index in [1.807, 2.05) is 0 Å². The predicted octanol–water partition coefficient (Wildman–Crippen LogP) is 1.10. The van der Waals surface area contributed by atoms with Crippen LogP contribution in [0.25, 0.3) is 0 Å². The number of carbonyl (C=O) groups excluding carboxylic acids is 3. The molecule has 25 heavy (non-hydrogen) atoms. The third-order valence-corrected chi connectivity index (χ3v) is 2.88. The molecule has 0 bridgehead atoms. The van der Waals surface area contributed by atoms with Gasteiger partial charge in [-0.1, -0.05) is 12.1 Å². The van der Waals surface area contributed by atoms with Gasteiger partial charge in [-0.15, -0.1) is 0 Å². The molecule has 0 aliphatic carbocycles. The molecule has 2 aromatic rings. The summed E-state index contributed by atoms with van der Waals surface area (Å²) in [5, 5.41) is 15.4. The van der Waals surface area contributed by atoms with Gasteiger partial charge in [-0.25, -0.2) is 0 Å². The summed E-state index contributed by atoms with van der Waals surface area (Å²) >= 11 is 0. The van der Waals surface area contributed by atoms with Gasteiger partial charge in [0, 0.05) is 6.07 Å². The van der Waals surface area contributed by atoms with E-state index in [1.165, 1.54) is 42.7 Å². The van der Waals surface area contributed by atoms with Crippen LogP contribution in [-0.2, 0) is 14.3 Å². The minimum absolute atomic E-state index is 0.0142. The maximum absolute atomic E-state index is 11.7. The Morgan fingerprint density at radius 1 is 1.16 bits per heavy atom. The van der Waals surface area contributed by atoms with Gasteiger partial charge < -0.3 is 19.8 Å². The molecular formula is C15H13N3O7. The number of furan rings is 1. The lowest BCUT2D eigenvalue weighted by Crippen LogP contribution is -2.32. The maximum atomic E-state index is 11.7. The van der Waals surface area contributed by atoms with Gasteiger partial charge in [0.25, 0.3) is 17.5 Å². The first-order chi connectivity index (χ1) is 12.0. The SMILES string of the molecule is O=C(COC(=O)CNC(=O)c1ccco1)Nc1ccccc1[N+](=O)[O-]. The number of hydrogen-bond acceptors (Lipinski definition) is 7. The molecule has 0 fully saturated rings. The zero-order valence-electron chi connectivity index (χ0n) is 12.8. The molecule has 2 rings (SSSR count). The Morgan fingerprint density at radius 3 is 2.60 bits per heavy atom. The molecule has 10 heteroatoms. The fraction of sp³-hybridized carbons (Fsp3) is 0.133. The number of benzene rings is 1. The van der Waals surface area contributed by atoms with E-state index in [9.17, 15) is 24.5 Å². The van der Waals surface area contributed by atoms with E-state index in [-0.39, 0.29) is 17.1 Å². The second kappa shape index (κ2) is 8.24. The van der Waals surface area contributed by atoms with Gasteiger partial charge in [0.2, 0.25) is 0 Å². The third kappa shape index (κ3) is 5.16. The standard InChI is InChI=1S/C15H13N3O7/c19-13(17-10-4-1-2-5-11(10)18(22)23)9-25-14(20)8-16-15(21)12-6-3-7-24-12/h1-7H,8-9H2,(H,16,21)(H,17,19). The van der Waals surface area contributed by atoms with Crippen molar-refractivity contribution in [3.05, 3.63) is 58.5 Å². The van der Waals surface area contributed by atoms with Crippen molar-refractivity contribution in [2.24, 2.45) is 0 Å². The molecule has 0 aliphatic heterocycles. The highest BCUT2D eigenvalue weighted by Crippen LogP contribution is 2.22.